The average Bonchev–Trinajstić information content (AvgIpc) is 3.44. The van der Waals surface area contributed by atoms with E-state index >= 15 is 0 Å². The van der Waals surface area contributed by atoms with Crippen molar-refractivity contribution in [2.24, 2.45) is 23.2 Å². The van der Waals surface area contributed by atoms with Crippen molar-refractivity contribution >= 4 is 17.7 Å². The Morgan fingerprint density at radius 1 is 1.22 bits per heavy atom. The second-order valence-corrected chi connectivity index (χ2v) is 12.5. The maximum atomic E-state index is 13.6. The number of nitrogens with zero attached hydrogens (tertiary/aromatic N) is 2. The monoisotopic (exact) mass is 525 g/mol. The number of alkyl halides is 3. The summed E-state index contributed by atoms with van der Waals surface area (Å²) in [5.41, 5.74) is -0.980. The number of hydrogen-bond acceptors (Lipinski definition) is 5. The van der Waals surface area contributed by atoms with Crippen LogP contribution in [-0.2, 0) is 14.4 Å². The summed E-state index contributed by atoms with van der Waals surface area (Å²) in [7, 11) is 0. The van der Waals surface area contributed by atoms with Crippen molar-refractivity contribution in [1.82, 2.24) is 20.9 Å². The molecule has 1 spiro atoms. The molecule has 2 saturated carbocycles. The summed E-state index contributed by atoms with van der Waals surface area (Å²) >= 11 is 0. The van der Waals surface area contributed by atoms with Gasteiger partial charge in [0.1, 0.15) is 12.1 Å². The summed E-state index contributed by atoms with van der Waals surface area (Å²) < 4.78 is 38.9. The van der Waals surface area contributed by atoms with E-state index in [0.717, 1.165) is 38.5 Å². The molecule has 206 valence electrons. The van der Waals surface area contributed by atoms with Gasteiger partial charge in [0, 0.05) is 18.0 Å². The SMILES string of the molecule is CC(C)(C)[C@H](NCC(F)(F)F)C(=O)N1C[C@@H]2CCC[C@@H]2[C@H]1C(=O)N[C@H](C#N)C[C@@H]1CC2(CCC2)NC1=O. The van der Waals surface area contributed by atoms with Crippen LogP contribution < -0.4 is 16.0 Å². The van der Waals surface area contributed by atoms with E-state index in [1.807, 2.05) is 0 Å². The van der Waals surface area contributed by atoms with Gasteiger partial charge in [-0.2, -0.15) is 18.4 Å². The Morgan fingerprint density at radius 3 is 2.46 bits per heavy atom. The zero-order valence-corrected chi connectivity index (χ0v) is 21.8. The lowest BCUT2D eigenvalue weighted by atomic mass is 9.74. The van der Waals surface area contributed by atoms with Crippen LogP contribution in [0.3, 0.4) is 0 Å². The summed E-state index contributed by atoms with van der Waals surface area (Å²) in [6, 6.07) is -0.761. The molecule has 0 radical (unpaired) electrons. The number of carbonyl (C=O) groups excluding carboxylic acids is 3. The zero-order chi connectivity index (χ0) is 27.2. The lowest BCUT2D eigenvalue weighted by molar-refractivity contribution is -0.147. The Morgan fingerprint density at radius 2 is 1.92 bits per heavy atom. The van der Waals surface area contributed by atoms with Gasteiger partial charge >= 0.3 is 6.18 Å². The highest BCUT2D eigenvalue weighted by Gasteiger charge is 2.52. The van der Waals surface area contributed by atoms with Gasteiger partial charge in [0.25, 0.3) is 0 Å². The van der Waals surface area contributed by atoms with Gasteiger partial charge in [0.15, 0.2) is 0 Å². The second-order valence-electron chi connectivity index (χ2n) is 12.5. The molecule has 2 aliphatic heterocycles. The fraction of sp³-hybridized carbons (Fsp3) is 0.846. The second kappa shape index (κ2) is 10.1. The normalized spacial score (nSPS) is 30.3. The quantitative estimate of drug-likeness (QED) is 0.473. The van der Waals surface area contributed by atoms with E-state index in [9.17, 15) is 32.8 Å². The van der Waals surface area contributed by atoms with E-state index in [0.29, 0.717) is 13.0 Å². The smallest absolute Gasteiger partial charge is 0.350 e. The minimum Gasteiger partial charge on any atom is -0.350 e. The number of fused-ring (bicyclic) bond motifs is 1. The summed E-state index contributed by atoms with van der Waals surface area (Å²) in [6.45, 7) is 4.08. The molecule has 0 aromatic rings. The maximum absolute atomic E-state index is 13.6. The van der Waals surface area contributed by atoms with Crippen LogP contribution in [-0.4, -0.2) is 65.6 Å². The van der Waals surface area contributed by atoms with Crippen LogP contribution in [0.4, 0.5) is 13.2 Å². The predicted octanol–water partition coefficient (Wildman–Crippen LogP) is 2.64. The van der Waals surface area contributed by atoms with E-state index in [1.165, 1.54) is 4.90 Å². The molecule has 0 aromatic carbocycles. The van der Waals surface area contributed by atoms with Crippen LogP contribution in [0.2, 0.25) is 0 Å². The van der Waals surface area contributed by atoms with Crippen molar-refractivity contribution in [3.8, 4) is 6.07 Å². The van der Waals surface area contributed by atoms with E-state index in [-0.39, 0.29) is 35.6 Å². The summed E-state index contributed by atoms with van der Waals surface area (Å²) in [6.07, 6.45) is 1.80. The van der Waals surface area contributed by atoms with Crippen LogP contribution >= 0.6 is 0 Å². The standard InChI is InChI=1S/C26H38F3N5O3/c1-24(2,3)20(31-14-26(27,28)29)23(37)34-13-15-6-4-7-18(15)19(34)22(36)32-17(12-30)10-16-11-25(8-5-9-25)33-21(16)35/h15-20,31H,4-11,13-14H2,1-3H3,(H,32,36)(H,33,35)/t15-,16+,17-,18-,19-,20+/m0/s1. The summed E-state index contributed by atoms with van der Waals surface area (Å²) in [5, 5.41) is 18.0. The van der Waals surface area contributed by atoms with Crippen LogP contribution in [0, 0.1) is 34.5 Å². The van der Waals surface area contributed by atoms with Crippen molar-refractivity contribution in [2.75, 3.05) is 13.1 Å². The largest absolute Gasteiger partial charge is 0.401 e. The molecule has 4 aliphatic rings. The van der Waals surface area contributed by atoms with Gasteiger partial charge in [0.05, 0.1) is 18.7 Å². The van der Waals surface area contributed by atoms with Gasteiger partial charge < -0.3 is 15.5 Å². The number of rotatable bonds is 7. The number of carbonyl (C=O) groups is 3. The molecule has 2 heterocycles. The van der Waals surface area contributed by atoms with Crippen LogP contribution in [0.25, 0.3) is 0 Å². The Kier molecular flexibility index (Phi) is 7.54. The van der Waals surface area contributed by atoms with Crippen LogP contribution in [0.15, 0.2) is 0 Å². The van der Waals surface area contributed by atoms with Crippen molar-refractivity contribution in [3.63, 3.8) is 0 Å². The van der Waals surface area contributed by atoms with Crippen molar-refractivity contribution in [3.05, 3.63) is 0 Å². The molecule has 11 heteroatoms. The molecule has 0 unspecified atom stereocenters. The number of halogens is 3. The molecule has 4 rings (SSSR count). The summed E-state index contributed by atoms with van der Waals surface area (Å²) in [4.78, 5) is 41.1. The van der Waals surface area contributed by atoms with E-state index in [4.69, 9.17) is 0 Å². The minimum absolute atomic E-state index is 0.0912. The first-order valence-corrected chi connectivity index (χ1v) is 13.4. The number of nitriles is 1. The first kappa shape index (κ1) is 27.7. The maximum Gasteiger partial charge on any atom is 0.401 e. The molecular formula is C26H38F3N5O3. The van der Waals surface area contributed by atoms with Gasteiger partial charge in [-0.3, -0.25) is 19.7 Å². The predicted molar refractivity (Wildman–Crippen MR) is 129 cm³/mol. The third-order valence-electron chi connectivity index (χ3n) is 8.76. The van der Waals surface area contributed by atoms with Gasteiger partial charge in [-0.1, -0.05) is 27.2 Å². The van der Waals surface area contributed by atoms with E-state index in [1.54, 1.807) is 20.8 Å². The highest BCUT2D eigenvalue weighted by molar-refractivity contribution is 5.91. The van der Waals surface area contributed by atoms with Crippen LogP contribution in [0.1, 0.15) is 72.1 Å². The number of amides is 3. The fourth-order valence-corrected chi connectivity index (χ4v) is 6.80. The highest BCUT2D eigenvalue weighted by Crippen LogP contribution is 2.44. The molecule has 0 bridgehead atoms. The number of hydrogen-bond donors (Lipinski definition) is 3. The Balaban J connectivity index is 1.48. The molecule has 8 nitrogen and oxygen atoms in total. The third-order valence-corrected chi connectivity index (χ3v) is 8.76. The zero-order valence-electron chi connectivity index (χ0n) is 21.8. The molecule has 3 amide bonds. The van der Waals surface area contributed by atoms with Crippen LogP contribution in [0.5, 0.6) is 0 Å². The van der Waals surface area contributed by atoms with Gasteiger partial charge in [-0.15, -0.1) is 0 Å². The number of nitrogens with one attached hydrogen (secondary N) is 3. The number of likely N-dealkylation sites (tertiary alicyclic amines) is 1. The fourth-order valence-electron chi connectivity index (χ4n) is 6.80. The van der Waals surface area contributed by atoms with Gasteiger partial charge in [-0.05, 0) is 62.2 Å². The van der Waals surface area contributed by atoms with E-state index < -0.39 is 48.1 Å². The highest BCUT2D eigenvalue weighted by atomic mass is 19.4. The molecular weight excluding hydrogens is 487 g/mol. The first-order chi connectivity index (χ1) is 17.2. The minimum atomic E-state index is -4.48. The van der Waals surface area contributed by atoms with Crippen molar-refractivity contribution in [2.45, 2.75) is 102 Å². The molecule has 2 saturated heterocycles. The molecule has 6 atom stereocenters. The summed E-state index contributed by atoms with van der Waals surface area (Å²) in [5.74, 6) is -1.44. The molecule has 4 fully saturated rings. The lowest BCUT2D eigenvalue weighted by Crippen LogP contribution is -2.59. The third kappa shape index (κ3) is 5.89. The Hall–Kier alpha value is -2.35. The molecule has 2 aliphatic carbocycles. The lowest BCUT2D eigenvalue weighted by Gasteiger charge is -2.38. The molecule has 3 N–H and O–H groups in total. The molecule has 37 heavy (non-hydrogen) atoms. The molecule has 0 aromatic heterocycles. The average molecular weight is 526 g/mol. The van der Waals surface area contributed by atoms with E-state index in [2.05, 4.69) is 22.0 Å². The first-order valence-electron chi connectivity index (χ1n) is 13.4. The van der Waals surface area contributed by atoms with Crippen molar-refractivity contribution in [1.29, 1.82) is 5.26 Å². The topological polar surface area (TPSA) is 114 Å². The Bertz CT molecular complexity index is 953. The van der Waals surface area contributed by atoms with Gasteiger partial charge in [-0.25, -0.2) is 0 Å². The van der Waals surface area contributed by atoms with Crippen molar-refractivity contribution < 1.29 is 27.6 Å². The van der Waals surface area contributed by atoms with Gasteiger partial charge in [0.2, 0.25) is 17.7 Å². The Labute approximate surface area is 216 Å².